The topological polar surface area (TPSA) is 96.7 Å². The normalized spacial score (nSPS) is 11.1. The summed E-state index contributed by atoms with van der Waals surface area (Å²) in [4.78, 5) is 27.7. The summed E-state index contributed by atoms with van der Waals surface area (Å²) >= 11 is 0. The SMILES string of the molecule is COc1ccc(-c2[nH]c3c(-c4ccc(F)cc4F)c(C)nn3c(=O)c2C(=O)O)cc1. The van der Waals surface area contributed by atoms with Gasteiger partial charge in [0, 0.05) is 11.6 Å². The van der Waals surface area contributed by atoms with E-state index in [1.54, 1.807) is 31.2 Å². The Bertz CT molecular complexity index is 1360. The number of hydrogen-bond acceptors (Lipinski definition) is 4. The molecule has 9 heteroatoms. The van der Waals surface area contributed by atoms with Gasteiger partial charge in [-0.2, -0.15) is 9.61 Å². The highest BCUT2D eigenvalue weighted by atomic mass is 19.1. The number of carbonyl (C=O) groups is 1. The van der Waals surface area contributed by atoms with Gasteiger partial charge in [0.1, 0.15) is 23.0 Å². The van der Waals surface area contributed by atoms with Crippen LogP contribution in [0.25, 0.3) is 28.0 Å². The van der Waals surface area contributed by atoms with Crippen molar-refractivity contribution >= 4 is 11.6 Å². The van der Waals surface area contributed by atoms with Crippen LogP contribution in [-0.2, 0) is 0 Å². The summed E-state index contributed by atoms with van der Waals surface area (Å²) in [5.41, 5.74) is -0.306. The van der Waals surface area contributed by atoms with Crippen LogP contribution in [0.15, 0.2) is 47.3 Å². The van der Waals surface area contributed by atoms with Gasteiger partial charge in [-0.3, -0.25) is 4.79 Å². The number of hydrogen-bond donors (Lipinski definition) is 2. The third kappa shape index (κ3) is 3.00. The molecule has 2 heterocycles. The first kappa shape index (κ1) is 19.3. The summed E-state index contributed by atoms with van der Waals surface area (Å²) in [6.45, 7) is 1.55. The Balaban J connectivity index is 2.08. The number of ether oxygens (including phenoxy) is 1. The molecule has 30 heavy (non-hydrogen) atoms. The van der Waals surface area contributed by atoms with E-state index in [4.69, 9.17) is 4.74 Å². The van der Waals surface area contributed by atoms with Gasteiger partial charge in [0.25, 0.3) is 5.56 Å². The van der Waals surface area contributed by atoms with Crippen LogP contribution in [0.3, 0.4) is 0 Å². The number of H-pyrrole nitrogens is 1. The highest BCUT2D eigenvalue weighted by Crippen LogP contribution is 2.31. The molecule has 2 N–H and O–H groups in total. The molecular formula is C21H15F2N3O4. The standard InChI is InChI=1S/C21H15F2N3O4/c1-10-16(14-8-5-12(22)9-15(14)23)19-24-18(11-3-6-13(30-2)7-4-11)17(21(28)29)20(27)26(19)25-10/h3-9,24H,1-2H3,(H,28,29). The van der Waals surface area contributed by atoms with Crippen molar-refractivity contribution in [2.45, 2.75) is 6.92 Å². The smallest absolute Gasteiger partial charge is 0.343 e. The number of nitrogens with one attached hydrogen (secondary N) is 1. The first-order valence-corrected chi connectivity index (χ1v) is 8.80. The van der Waals surface area contributed by atoms with Crippen LogP contribution in [0, 0.1) is 18.6 Å². The van der Waals surface area contributed by atoms with E-state index in [2.05, 4.69) is 10.1 Å². The second kappa shape index (κ2) is 7.11. The van der Waals surface area contributed by atoms with Crippen LogP contribution in [0.4, 0.5) is 8.78 Å². The number of halogens is 2. The molecule has 0 unspecified atom stereocenters. The number of carboxylic acids is 1. The number of carboxylic acid groups (broad SMARTS) is 1. The number of aromatic carboxylic acids is 1. The average molecular weight is 411 g/mol. The van der Waals surface area contributed by atoms with Crippen LogP contribution in [0.1, 0.15) is 16.1 Å². The van der Waals surface area contributed by atoms with E-state index in [0.29, 0.717) is 11.3 Å². The molecule has 4 aromatic rings. The van der Waals surface area contributed by atoms with E-state index in [1.807, 2.05) is 0 Å². The Kier molecular flexibility index (Phi) is 4.57. The molecule has 0 aliphatic rings. The molecule has 152 valence electrons. The summed E-state index contributed by atoms with van der Waals surface area (Å²) in [7, 11) is 1.49. The lowest BCUT2D eigenvalue weighted by atomic mass is 10.0. The number of methoxy groups -OCH3 is 1. The third-order valence-electron chi connectivity index (χ3n) is 4.75. The van der Waals surface area contributed by atoms with Gasteiger partial charge in [0.05, 0.1) is 24.1 Å². The van der Waals surface area contributed by atoms with E-state index >= 15 is 0 Å². The Morgan fingerprint density at radius 2 is 1.87 bits per heavy atom. The van der Waals surface area contributed by atoms with Gasteiger partial charge in [0.2, 0.25) is 0 Å². The van der Waals surface area contributed by atoms with E-state index < -0.39 is 28.7 Å². The Labute approximate surface area is 168 Å². The molecule has 0 spiro atoms. The molecule has 7 nitrogen and oxygen atoms in total. The molecule has 0 amide bonds. The van der Waals surface area contributed by atoms with E-state index in [9.17, 15) is 23.5 Å². The Hall–Kier alpha value is -4.01. The number of benzene rings is 2. The van der Waals surface area contributed by atoms with Crippen LogP contribution in [-0.4, -0.2) is 32.8 Å². The van der Waals surface area contributed by atoms with Crippen LogP contribution in [0.5, 0.6) is 5.75 Å². The lowest BCUT2D eigenvalue weighted by Crippen LogP contribution is -2.25. The van der Waals surface area contributed by atoms with E-state index in [-0.39, 0.29) is 28.2 Å². The lowest BCUT2D eigenvalue weighted by molar-refractivity contribution is 0.0695. The number of nitrogens with zero attached hydrogens (tertiary/aromatic N) is 2. The highest BCUT2D eigenvalue weighted by Gasteiger charge is 2.24. The minimum atomic E-state index is -1.44. The summed E-state index contributed by atoms with van der Waals surface area (Å²) in [5.74, 6) is -2.46. The third-order valence-corrected chi connectivity index (χ3v) is 4.75. The Morgan fingerprint density at radius 3 is 2.47 bits per heavy atom. The molecule has 4 rings (SSSR count). The van der Waals surface area contributed by atoms with Crippen molar-refractivity contribution < 1.29 is 23.4 Å². The van der Waals surface area contributed by atoms with Gasteiger partial charge in [-0.25, -0.2) is 13.6 Å². The maximum absolute atomic E-state index is 14.5. The average Bonchev–Trinajstić information content (AvgIpc) is 3.04. The summed E-state index contributed by atoms with van der Waals surface area (Å²) in [6, 6.07) is 9.48. The summed E-state index contributed by atoms with van der Waals surface area (Å²) in [5, 5.41) is 13.7. The minimum Gasteiger partial charge on any atom is -0.497 e. The number of fused-ring (bicyclic) bond motifs is 1. The fourth-order valence-electron chi connectivity index (χ4n) is 3.37. The monoisotopic (exact) mass is 411 g/mol. The van der Waals surface area contributed by atoms with E-state index in [1.165, 1.54) is 13.2 Å². The van der Waals surface area contributed by atoms with Gasteiger partial charge in [-0.1, -0.05) is 0 Å². The van der Waals surface area contributed by atoms with Crippen molar-refractivity contribution in [1.82, 2.24) is 14.6 Å². The van der Waals surface area contributed by atoms with Crippen LogP contribution >= 0.6 is 0 Å². The number of aryl methyl sites for hydroxylation is 1. The number of aromatic amines is 1. The molecule has 0 radical (unpaired) electrons. The fourth-order valence-corrected chi connectivity index (χ4v) is 3.37. The predicted molar refractivity (Wildman–Crippen MR) is 105 cm³/mol. The molecule has 0 aliphatic heterocycles. The van der Waals surface area contributed by atoms with Gasteiger partial charge in [-0.15, -0.1) is 0 Å². The van der Waals surface area contributed by atoms with Crippen molar-refractivity contribution in [3.63, 3.8) is 0 Å². The zero-order chi connectivity index (χ0) is 21.6. The van der Waals surface area contributed by atoms with Crippen LogP contribution in [0.2, 0.25) is 0 Å². The van der Waals surface area contributed by atoms with Crippen molar-refractivity contribution in [3.05, 3.63) is 75.7 Å². The lowest BCUT2D eigenvalue weighted by Gasteiger charge is -2.10. The summed E-state index contributed by atoms with van der Waals surface area (Å²) < 4.78 is 33.8. The molecule has 0 bridgehead atoms. The zero-order valence-electron chi connectivity index (χ0n) is 15.9. The molecule has 2 aromatic heterocycles. The van der Waals surface area contributed by atoms with Crippen molar-refractivity contribution in [1.29, 1.82) is 0 Å². The second-order valence-electron chi connectivity index (χ2n) is 6.56. The maximum atomic E-state index is 14.5. The summed E-state index contributed by atoms with van der Waals surface area (Å²) in [6.07, 6.45) is 0. The highest BCUT2D eigenvalue weighted by molar-refractivity contribution is 5.95. The fraction of sp³-hybridized carbons (Fsp3) is 0.0952. The quantitative estimate of drug-likeness (QED) is 0.534. The molecule has 0 saturated carbocycles. The van der Waals surface area contributed by atoms with Gasteiger partial charge < -0.3 is 14.8 Å². The maximum Gasteiger partial charge on any atom is 0.343 e. The Morgan fingerprint density at radius 1 is 1.17 bits per heavy atom. The van der Waals surface area contributed by atoms with Crippen LogP contribution < -0.4 is 10.3 Å². The molecule has 0 atom stereocenters. The van der Waals surface area contributed by atoms with E-state index in [0.717, 1.165) is 16.6 Å². The second-order valence-corrected chi connectivity index (χ2v) is 6.56. The zero-order valence-corrected chi connectivity index (χ0v) is 15.9. The largest absolute Gasteiger partial charge is 0.497 e. The van der Waals surface area contributed by atoms with Crippen molar-refractivity contribution in [3.8, 4) is 28.1 Å². The first-order valence-electron chi connectivity index (χ1n) is 8.80. The molecule has 2 aromatic carbocycles. The van der Waals surface area contributed by atoms with Gasteiger partial charge >= 0.3 is 5.97 Å². The first-order chi connectivity index (χ1) is 14.3. The van der Waals surface area contributed by atoms with Gasteiger partial charge in [-0.05, 0) is 48.9 Å². The molecular weight excluding hydrogens is 396 g/mol. The predicted octanol–water partition coefficient (Wildman–Crippen LogP) is 3.65. The molecule has 0 saturated heterocycles. The molecule has 0 aliphatic carbocycles. The number of rotatable bonds is 4. The van der Waals surface area contributed by atoms with Gasteiger partial charge in [0.15, 0.2) is 5.56 Å². The van der Waals surface area contributed by atoms with Crippen molar-refractivity contribution in [2.75, 3.05) is 7.11 Å². The molecule has 0 fully saturated rings. The number of aromatic nitrogens is 3. The van der Waals surface area contributed by atoms with Crippen molar-refractivity contribution in [2.24, 2.45) is 0 Å². The minimum absolute atomic E-state index is 0.0308.